The molecule has 0 saturated heterocycles. The molecule has 0 aliphatic rings. The summed E-state index contributed by atoms with van der Waals surface area (Å²) in [5.41, 5.74) is 0. The molecule has 1 aromatic rings. The van der Waals surface area contributed by atoms with E-state index in [2.05, 4.69) is 31.4 Å². The van der Waals surface area contributed by atoms with Crippen molar-refractivity contribution in [3.05, 3.63) is 3.92 Å². The first-order valence-corrected chi connectivity index (χ1v) is 7.27. The lowest BCUT2D eigenvalue weighted by Crippen LogP contribution is -2.28. The van der Waals surface area contributed by atoms with Crippen molar-refractivity contribution >= 4 is 42.4 Å². The average Bonchev–Trinajstić information content (AvgIpc) is 2.51. The number of hydrogen-bond donors (Lipinski definition) is 1. The summed E-state index contributed by atoms with van der Waals surface area (Å²) < 4.78 is 24.6. The van der Waals surface area contributed by atoms with E-state index < -0.39 is 10.0 Å². The summed E-state index contributed by atoms with van der Waals surface area (Å²) in [4.78, 5) is 0. The van der Waals surface area contributed by atoms with Crippen molar-refractivity contribution in [3.8, 4) is 0 Å². The van der Waals surface area contributed by atoms with Crippen LogP contribution in [-0.4, -0.2) is 49.3 Å². The van der Waals surface area contributed by atoms with Gasteiger partial charge in [-0.05, 0) is 15.9 Å². The molecule has 0 aromatic carbocycles. The van der Waals surface area contributed by atoms with Gasteiger partial charge in [-0.15, -0.1) is 10.2 Å². The molecule has 0 atom stereocenters. The Morgan fingerprint density at radius 1 is 1.47 bits per heavy atom. The molecule has 6 nitrogen and oxygen atoms in total. The normalized spacial score (nSPS) is 12.0. The molecule has 0 fully saturated rings. The van der Waals surface area contributed by atoms with Gasteiger partial charge >= 0.3 is 0 Å². The largest absolute Gasteiger partial charge is 0.359 e. The molecule has 0 unspecified atom stereocenters. The topological polar surface area (TPSA) is 75.2 Å². The molecular weight excluding hydrogens is 304 g/mol. The van der Waals surface area contributed by atoms with E-state index in [1.807, 2.05) is 0 Å². The Labute approximate surface area is 101 Å². The summed E-state index contributed by atoms with van der Waals surface area (Å²) in [5, 5.41) is 11.0. The molecule has 1 N–H and O–H groups in total. The van der Waals surface area contributed by atoms with E-state index in [-0.39, 0.29) is 5.75 Å². The maximum Gasteiger partial charge on any atom is 0.215 e. The molecular formula is C6H11BrN4O2S2. The molecule has 0 aliphatic carbocycles. The van der Waals surface area contributed by atoms with Gasteiger partial charge in [0.15, 0.2) is 3.92 Å². The van der Waals surface area contributed by atoms with E-state index in [1.165, 1.54) is 29.7 Å². The van der Waals surface area contributed by atoms with E-state index in [9.17, 15) is 8.42 Å². The molecule has 0 amide bonds. The van der Waals surface area contributed by atoms with Crippen LogP contribution in [0.15, 0.2) is 3.92 Å². The van der Waals surface area contributed by atoms with Crippen molar-refractivity contribution < 1.29 is 8.42 Å². The van der Waals surface area contributed by atoms with Crippen molar-refractivity contribution in [3.63, 3.8) is 0 Å². The first kappa shape index (κ1) is 12.8. The second-order valence-corrected chi connectivity index (χ2v) is 7.44. The zero-order valence-electron chi connectivity index (χ0n) is 8.27. The number of halogens is 1. The minimum Gasteiger partial charge on any atom is -0.359 e. The van der Waals surface area contributed by atoms with Crippen molar-refractivity contribution in [2.24, 2.45) is 0 Å². The Morgan fingerprint density at radius 3 is 2.60 bits per heavy atom. The van der Waals surface area contributed by atoms with Crippen molar-refractivity contribution in [1.82, 2.24) is 14.5 Å². The van der Waals surface area contributed by atoms with Crippen molar-refractivity contribution in [2.75, 3.05) is 31.7 Å². The molecule has 0 bridgehead atoms. The first-order valence-electron chi connectivity index (χ1n) is 4.05. The van der Waals surface area contributed by atoms with Crippen LogP contribution in [0.4, 0.5) is 5.13 Å². The fraction of sp³-hybridized carbons (Fsp3) is 0.667. The third-order valence-corrected chi connectivity index (χ3v) is 4.74. The molecule has 0 radical (unpaired) electrons. The summed E-state index contributed by atoms with van der Waals surface area (Å²) in [6.07, 6.45) is 0. The van der Waals surface area contributed by atoms with Crippen LogP contribution in [0.5, 0.6) is 0 Å². The van der Waals surface area contributed by atoms with Gasteiger partial charge in [0, 0.05) is 20.6 Å². The zero-order valence-corrected chi connectivity index (χ0v) is 11.5. The van der Waals surface area contributed by atoms with Crippen LogP contribution in [0.3, 0.4) is 0 Å². The number of nitrogens with zero attached hydrogens (tertiary/aromatic N) is 3. The van der Waals surface area contributed by atoms with Gasteiger partial charge in [-0.1, -0.05) is 11.3 Å². The Balaban J connectivity index is 2.40. The second-order valence-electron chi connectivity index (χ2n) is 2.89. The molecule has 9 heteroatoms. The fourth-order valence-electron chi connectivity index (χ4n) is 0.746. The van der Waals surface area contributed by atoms with Crippen LogP contribution >= 0.6 is 27.3 Å². The van der Waals surface area contributed by atoms with Gasteiger partial charge < -0.3 is 5.32 Å². The van der Waals surface area contributed by atoms with E-state index in [0.29, 0.717) is 15.6 Å². The highest BCUT2D eigenvalue weighted by Crippen LogP contribution is 2.19. The summed E-state index contributed by atoms with van der Waals surface area (Å²) >= 11 is 4.49. The summed E-state index contributed by atoms with van der Waals surface area (Å²) in [6.45, 7) is 0.322. The molecule has 0 aliphatic heterocycles. The smallest absolute Gasteiger partial charge is 0.215 e. The third-order valence-electron chi connectivity index (χ3n) is 1.59. The molecule has 1 rings (SSSR count). The standard InChI is InChI=1S/C6H11BrN4O2S2/c1-11(2)15(12,13)4-3-8-6-10-9-5(7)14-6/h3-4H2,1-2H3,(H,8,10). The summed E-state index contributed by atoms with van der Waals surface area (Å²) in [7, 11) is -0.124. The van der Waals surface area contributed by atoms with Crippen LogP contribution in [0, 0.1) is 0 Å². The Bertz CT molecular complexity index is 417. The Hall–Kier alpha value is -0.250. The van der Waals surface area contributed by atoms with E-state index in [1.54, 1.807) is 0 Å². The number of sulfonamides is 1. The van der Waals surface area contributed by atoms with E-state index in [0.717, 1.165) is 0 Å². The Morgan fingerprint density at radius 2 is 2.13 bits per heavy atom. The van der Waals surface area contributed by atoms with Gasteiger partial charge in [0.25, 0.3) is 0 Å². The van der Waals surface area contributed by atoms with Gasteiger partial charge in [0.1, 0.15) is 0 Å². The van der Waals surface area contributed by atoms with Gasteiger partial charge in [-0.25, -0.2) is 12.7 Å². The van der Waals surface area contributed by atoms with E-state index in [4.69, 9.17) is 0 Å². The minimum absolute atomic E-state index is 0.0389. The van der Waals surface area contributed by atoms with Crippen LogP contribution in [0.2, 0.25) is 0 Å². The molecule has 86 valence electrons. The number of anilines is 1. The molecule has 15 heavy (non-hydrogen) atoms. The monoisotopic (exact) mass is 314 g/mol. The van der Waals surface area contributed by atoms with E-state index >= 15 is 0 Å². The molecule has 1 aromatic heterocycles. The SMILES string of the molecule is CN(C)S(=O)(=O)CCNc1nnc(Br)s1. The number of hydrogen-bond acceptors (Lipinski definition) is 6. The minimum atomic E-state index is -3.15. The number of rotatable bonds is 5. The molecule has 0 spiro atoms. The third kappa shape index (κ3) is 4.01. The van der Waals surface area contributed by atoms with Crippen LogP contribution in [0.1, 0.15) is 0 Å². The molecule has 0 saturated carbocycles. The van der Waals surface area contributed by atoms with Crippen molar-refractivity contribution in [1.29, 1.82) is 0 Å². The van der Waals surface area contributed by atoms with Gasteiger partial charge in [-0.2, -0.15) is 0 Å². The highest BCUT2D eigenvalue weighted by Gasteiger charge is 2.13. The maximum atomic E-state index is 11.4. The first-order chi connectivity index (χ1) is 6.92. The van der Waals surface area contributed by atoms with Gasteiger partial charge in [-0.3, -0.25) is 0 Å². The number of aromatic nitrogens is 2. The lowest BCUT2D eigenvalue weighted by atomic mass is 10.7. The maximum absolute atomic E-state index is 11.4. The predicted octanol–water partition coefficient (Wildman–Crippen LogP) is 0.604. The average molecular weight is 315 g/mol. The van der Waals surface area contributed by atoms with Crippen LogP contribution in [0.25, 0.3) is 0 Å². The quantitative estimate of drug-likeness (QED) is 0.861. The highest BCUT2D eigenvalue weighted by molar-refractivity contribution is 9.11. The van der Waals surface area contributed by atoms with Gasteiger partial charge in [0.2, 0.25) is 15.2 Å². The fourth-order valence-corrected chi connectivity index (χ4v) is 2.51. The lowest BCUT2D eigenvalue weighted by Gasteiger charge is -2.10. The second kappa shape index (κ2) is 5.19. The predicted molar refractivity (Wildman–Crippen MR) is 63.6 cm³/mol. The molecule has 1 heterocycles. The van der Waals surface area contributed by atoms with Crippen LogP contribution in [-0.2, 0) is 10.0 Å². The lowest BCUT2D eigenvalue weighted by molar-refractivity contribution is 0.521. The summed E-state index contributed by atoms with van der Waals surface area (Å²) in [6, 6.07) is 0. The number of nitrogens with one attached hydrogen (secondary N) is 1. The Kier molecular flexibility index (Phi) is 4.44. The summed E-state index contributed by atoms with van der Waals surface area (Å²) in [5.74, 6) is 0.0389. The highest BCUT2D eigenvalue weighted by atomic mass is 79.9. The van der Waals surface area contributed by atoms with Gasteiger partial charge in [0.05, 0.1) is 5.75 Å². The zero-order chi connectivity index (χ0) is 11.5. The van der Waals surface area contributed by atoms with Crippen LogP contribution < -0.4 is 5.32 Å². The van der Waals surface area contributed by atoms with Crippen molar-refractivity contribution in [2.45, 2.75) is 0 Å².